The van der Waals surface area contributed by atoms with Crippen molar-refractivity contribution in [3.05, 3.63) is 29.8 Å². The Morgan fingerprint density at radius 3 is 2.18 bits per heavy atom. The zero-order valence-corrected chi connectivity index (χ0v) is 14.5. The molecule has 120 valence electrons. The quantitative estimate of drug-likeness (QED) is 0.635. The molecular weight excluding hydrogens is 279 g/mol. The summed E-state index contributed by atoms with van der Waals surface area (Å²) in [6.45, 7) is 11.8. The number of hydrogen-bond donors (Lipinski definition) is 0. The van der Waals surface area contributed by atoms with Crippen molar-refractivity contribution in [1.82, 2.24) is 0 Å². The van der Waals surface area contributed by atoms with Gasteiger partial charge in [-0.3, -0.25) is 4.79 Å². The van der Waals surface area contributed by atoms with Crippen LogP contribution in [0.3, 0.4) is 0 Å². The van der Waals surface area contributed by atoms with Gasteiger partial charge in [-0.25, -0.2) is 0 Å². The number of hydrogen-bond acceptors (Lipinski definition) is 4. The van der Waals surface area contributed by atoms with Crippen LogP contribution in [0.1, 0.15) is 47.1 Å². The van der Waals surface area contributed by atoms with Crippen LogP contribution in [-0.2, 0) is 24.3 Å². The highest BCUT2D eigenvalue weighted by Crippen LogP contribution is 2.36. The molecule has 1 aromatic carbocycles. The maximum atomic E-state index is 12.0. The van der Waals surface area contributed by atoms with E-state index in [4.69, 9.17) is 14.0 Å². The summed E-state index contributed by atoms with van der Waals surface area (Å²) in [5.74, 6) is -0.265. The highest BCUT2D eigenvalue weighted by molar-refractivity contribution is 6.62. The summed E-state index contributed by atoms with van der Waals surface area (Å²) in [6, 6.07) is 7.75. The van der Waals surface area contributed by atoms with E-state index in [1.54, 1.807) is 0 Å². The predicted octanol–water partition coefficient (Wildman–Crippen LogP) is 2.44. The summed E-state index contributed by atoms with van der Waals surface area (Å²) in [5.41, 5.74) is 0.311. The van der Waals surface area contributed by atoms with Crippen molar-refractivity contribution in [3.63, 3.8) is 0 Å². The van der Waals surface area contributed by atoms with Gasteiger partial charge in [0, 0.05) is 0 Å². The van der Waals surface area contributed by atoms with E-state index in [2.05, 4.69) is 0 Å². The first-order chi connectivity index (χ1) is 10.0. The second-order valence-electron chi connectivity index (χ2n) is 7.33. The summed E-state index contributed by atoms with van der Waals surface area (Å²) in [5, 5.41) is 0. The van der Waals surface area contributed by atoms with Crippen LogP contribution in [0.25, 0.3) is 0 Å². The molecule has 0 aromatic heterocycles. The van der Waals surface area contributed by atoms with Gasteiger partial charge in [-0.15, -0.1) is 0 Å². The Bertz CT molecular complexity index is 562. The second-order valence-corrected chi connectivity index (χ2v) is 7.33. The maximum absolute atomic E-state index is 12.0. The van der Waals surface area contributed by atoms with Gasteiger partial charge in [0.05, 0.1) is 23.7 Å². The topological polar surface area (TPSA) is 44.8 Å². The van der Waals surface area contributed by atoms with Crippen LogP contribution in [0.2, 0.25) is 0 Å². The minimum Gasteiger partial charge on any atom is -0.468 e. The Morgan fingerprint density at radius 2 is 1.68 bits per heavy atom. The summed E-state index contributed by atoms with van der Waals surface area (Å²) in [4.78, 5) is 12.0. The largest absolute Gasteiger partial charge is 0.494 e. The van der Waals surface area contributed by atoms with Gasteiger partial charge in [-0.1, -0.05) is 24.3 Å². The van der Waals surface area contributed by atoms with Gasteiger partial charge >= 0.3 is 13.1 Å². The summed E-state index contributed by atoms with van der Waals surface area (Å²) >= 11 is 0. The maximum Gasteiger partial charge on any atom is 0.494 e. The predicted molar refractivity (Wildman–Crippen MR) is 87.2 cm³/mol. The molecule has 0 radical (unpaired) electrons. The van der Waals surface area contributed by atoms with Gasteiger partial charge in [0.25, 0.3) is 0 Å². The standard InChI is InChI=1S/C17H25BO4/c1-15(2,14(19)20-7)12-9-8-10-13(11-12)18-21-16(3,4)17(5,6)22-18/h8-11H,1-7H3. The monoisotopic (exact) mass is 304 g/mol. The lowest BCUT2D eigenvalue weighted by Crippen LogP contribution is -2.41. The third-order valence-electron chi connectivity index (χ3n) is 4.83. The SMILES string of the molecule is COC(=O)C(C)(C)c1cccc(B2OC(C)(C)C(C)(C)O2)c1. The first kappa shape index (κ1) is 17.0. The van der Waals surface area contributed by atoms with Gasteiger partial charge in [-0.2, -0.15) is 0 Å². The second kappa shape index (κ2) is 5.39. The van der Waals surface area contributed by atoms with E-state index in [1.807, 2.05) is 65.8 Å². The molecule has 1 aliphatic heterocycles. The van der Waals surface area contributed by atoms with Crippen LogP contribution in [-0.4, -0.2) is 31.4 Å². The first-order valence-corrected chi connectivity index (χ1v) is 7.56. The molecule has 0 N–H and O–H groups in total. The highest BCUT2D eigenvalue weighted by Gasteiger charge is 2.51. The van der Waals surface area contributed by atoms with Crippen LogP contribution in [0.15, 0.2) is 24.3 Å². The molecule has 1 fully saturated rings. The third kappa shape index (κ3) is 2.80. The molecule has 0 unspecified atom stereocenters. The number of methoxy groups -OCH3 is 1. The van der Waals surface area contributed by atoms with Gasteiger partial charge in [0.1, 0.15) is 0 Å². The Hall–Kier alpha value is -1.33. The Balaban J connectivity index is 2.33. The normalized spacial score (nSPS) is 20.0. The lowest BCUT2D eigenvalue weighted by Gasteiger charge is -2.32. The van der Waals surface area contributed by atoms with Crippen molar-refractivity contribution in [2.75, 3.05) is 7.11 Å². The molecule has 0 spiro atoms. The summed E-state index contributed by atoms with van der Waals surface area (Å²) in [7, 11) is 0.973. The molecular formula is C17H25BO4. The minimum atomic E-state index is -0.714. The molecule has 0 saturated carbocycles. The molecule has 22 heavy (non-hydrogen) atoms. The van der Waals surface area contributed by atoms with Crippen molar-refractivity contribution < 1.29 is 18.8 Å². The van der Waals surface area contributed by atoms with E-state index >= 15 is 0 Å². The summed E-state index contributed by atoms with van der Waals surface area (Å²) in [6.07, 6.45) is 0. The molecule has 0 amide bonds. The molecule has 2 rings (SSSR count). The molecule has 0 bridgehead atoms. The molecule has 0 aliphatic carbocycles. The third-order valence-corrected chi connectivity index (χ3v) is 4.83. The molecule has 1 heterocycles. The average Bonchev–Trinajstić information content (AvgIpc) is 2.66. The fourth-order valence-electron chi connectivity index (χ4n) is 2.43. The number of ether oxygens (including phenoxy) is 1. The van der Waals surface area contributed by atoms with Crippen molar-refractivity contribution >= 4 is 18.6 Å². The van der Waals surface area contributed by atoms with Gasteiger partial charge in [0.15, 0.2) is 0 Å². The number of carbonyl (C=O) groups is 1. The fourth-order valence-corrected chi connectivity index (χ4v) is 2.43. The zero-order valence-electron chi connectivity index (χ0n) is 14.5. The van der Waals surface area contributed by atoms with E-state index in [1.165, 1.54) is 7.11 Å². The number of esters is 1. The smallest absolute Gasteiger partial charge is 0.468 e. The van der Waals surface area contributed by atoms with Gasteiger partial charge < -0.3 is 14.0 Å². The molecule has 0 atom stereocenters. The Labute approximate surface area is 133 Å². The number of benzene rings is 1. The summed E-state index contributed by atoms with van der Waals surface area (Å²) < 4.78 is 17.0. The van der Waals surface area contributed by atoms with Crippen molar-refractivity contribution in [2.45, 2.75) is 58.2 Å². The van der Waals surface area contributed by atoms with E-state index in [-0.39, 0.29) is 17.2 Å². The van der Waals surface area contributed by atoms with Crippen LogP contribution >= 0.6 is 0 Å². The highest BCUT2D eigenvalue weighted by atomic mass is 16.7. The van der Waals surface area contributed by atoms with Gasteiger partial charge in [-0.05, 0) is 52.6 Å². The molecule has 1 aromatic rings. The van der Waals surface area contributed by atoms with E-state index in [0.717, 1.165) is 11.0 Å². The van der Waals surface area contributed by atoms with Crippen molar-refractivity contribution in [2.24, 2.45) is 0 Å². The Morgan fingerprint density at radius 1 is 1.14 bits per heavy atom. The van der Waals surface area contributed by atoms with E-state index < -0.39 is 12.5 Å². The lowest BCUT2D eigenvalue weighted by molar-refractivity contribution is -0.146. The van der Waals surface area contributed by atoms with Crippen molar-refractivity contribution in [3.8, 4) is 0 Å². The zero-order chi connectivity index (χ0) is 16.8. The first-order valence-electron chi connectivity index (χ1n) is 7.56. The van der Waals surface area contributed by atoms with Crippen molar-refractivity contribution in [1.29, 1.82) is 0 Å². The lowest BCUT2D eigenvalue weighted by atomic mass is 9.75. The molecule has 5 heteroatoms. The van der Waals surface area contributed by atoms with Crippen LogP contribution in [0, 0.1) is 0 Å². The van der Waals surface area contributed by atoms with E-state index in [0.29, 0.717) is 0 Å². The molecule has 4 nitrogen and oxygen atoms in total. The molecule has 1 aliphatic rings. The van der Waals surface area contributed by atoms with Crippen LogP contribution in [0.4, 0.5) is 0 Å². The Kier molecular flexibility index (Phi) is 4.17. The van der Waals surface area contributed by atoms with Crippen LogP contribution in [0.5, 0.6) is 0 Å². The number of rotatable bonds is 3. The minimum absolute atomic E-state index is 0.265. The van der Waals surface area contributed by atoms with E-state index in [9.17, 15) is 4.79 Å². The van der Waals surface area contributed by atoms with Gasteiger partial charge in [0.2, 0.25) is 0 Å². The number of carbonyl (C=O) groups excluding carboxylic acids is 1. The molecule has 1 saturated heterocycles. The fraction of sp³-hybridized carbons (Fsp3) is 0.588. The average molecular weight is 304 g/mol. The van der Waals surface area contributed by atoms with Crippen LogP contribution < -0.4 is 5.46 Å².